The van der Waals surface area contributed by atoms with Crippen LogP contribution in [0.2, 0.25) is 0 Å². The van der Waals surface area contributed by atoms with Gasteiger partial charge in [-0.25, -0.2) is 9.78 Å². The third kappa shape index (κ3) is 3.58. The Hall–Kier alpha value is -1.40. The Morgan fingerprint density at radius 3 is 2.85 bits per heavy atom. The number of nitrogens with zero attached hydrogens (tertiary/aromatic N) is 1. The van der Waals surface area contributed by atoms with E-state index in [4.69, 9.17) is 5.11 Å². The summed E-state index contributed by atoms with van der Waals surface area (Å²) in [5.74, 6) is -0.940. The molecule has 0 aliphatic heterocycles. The molecule has 2 rings (SSSR count). The van der Waals surface area contributed by atoms with Crippen LogP contribution in [0, 0.1) is 0 Å². The van der Waals surface area contributed by atoms with E-state index in [2.05, 4.69) is 33.2 Å². The van der Waals surface area contributed by atoms with Gasteiger partial charge in [-0.2, -0.15) is 0 Å². The van der Waals surface area contributed by atoms with Crippen LogP contribution in [0.5, 0.6) is 0 Å². The van der Waals surface area contributed by atoms with Crippen molar-refractivity contribution < 1.29 is 9.90 Å². The molecule has 1 atom stereocenters. The summed E-state index contributed by atoms with van der Waals surface area (Å²) in [6.45, 7) is 4.11. The molecule has 0 fully saturated rings. The molecule has 2 aromatic rings. The van der Waals surface area contributed by atoms with Gasteiger partial charge in [0.15, 0.2) is 0 Å². The van der Waals surface area contributed by atoms with Gasteiger partial charge < -0.3 is 10.4 Å². The third-order valence-electron chi connectivity index (χ3n) is 2.82. The number of carboxylic acid groups (broad SMARTS) is 1. The molecule has 0 bridgehead atoms. The van der Waals surface area contributed by atoms with Crippen LogP contribution in [0.1, 0.15) is 40.1 Å². The van der Waals surface area contributed by atoms with Crippen LogP contribution < -0.4 is 5.32 Å². The maximum absolute atomic E-state index is 11.0. The lowest BCUT2D eigenvalue weighted by molar-refractivity contribution is 0.0697. The highest BCUT2D eigenvalue weighted by Gasteiger charge is 2.12. The molecule has 6 heteroatoms. The van der Waals surface area contributed by atoms with E-state index < -0.39 is 5.97 Å². The highest BCUT2D eigenvalue weighted by Crippen LogP contribution is 2.26. The van der Waals surface area contributed by atoms with Crippen molar-refractivity contribution in [2.24, 2.45) is 0 Å². The summed E-state index contributed by atoms with van der Waals surface area (Å²) in [5.41, 5.74) is 1.01. The monoisotopic (exact) mass is 354 g/mol. The summed E-state index contributed by atoms with van der Waals surface area (Å²) in [4.78, 5) is 16.7. The molecule has 0 aliphatic carbocycles. The van der Waals surface area contributed by atoms with Crippen LogP contribution in [0.4, 0.5) is 5.69 Å². The molecule has 1 unspecified atom stereocenters. The molecule has 106 valence electrons. The van der Waals surface area contributed by atoms with Crippen LogP contribution in [0.25, 0.3) is 0 Å². The molecule has 2 N–H and O–H groups in total. The highest BCUT2D eigenvalue weighted by molar-refractivity contribution is 9.10. The van der Waals surface area contributed by atoms with E-state index in [-0.39, 0.29) is 11.6 Å². The minimum atomic E-state index is -0.940. The number of thiazole rings is 1. The zero-order valence-electron chi connectivity index (χ0n) is 11.2. The number of aromatic nitrogens is 1. The minimum absolute atomic E-state index is 0.0382. The number of carboxylic acids is 1. The van der Waals surface area contributed by atoms with E-state index in [1.54, 1.807) is 23.5 Å². The Kier molecular flexibility index (Phi) is 4.77. The van der Waals surface area contributed by atoms with Crippen molar-refractivity contribution in [1.29, 1.82) is 0 Å². The first kappa shape index (κ1) is 15.0. The summed E-state index contributed by atoms with van der Waals surface area (Å²) in [6, 6.07) is 5.10. The second-order valence-corrected chi connectivity index (χ2v) is 6.48. The van der Waals surface area contributed by atoms with Gasteiger partial charge in [0.2, 0.25) is 0 Å². The largest absolute Gasteiger partial charge is 0.478 e. The van der Waals surface area contributed by atoms with E-state index in [1.165, 1.54) is 4.88 Å². The molecule has 4 nitrogen and oxygen atoms in total. The zero-order valence-corrected chi connectivity index (χ0v) is 13.6. The van der Waals surface area contributed by atoms with E-state index in [0.29, 0.717) is 0 Å². The number of rotatable bonds is 5. The number of hydrogen-bond acceptors (Lipinski definition) is 4. The standard InChI is InChI=1S/C14H15BrN2O2S/c1-3-12-7-16-13(20-12)8(2)17-11-5-9(14(18)19)4-10(15)6-11/h4-8,17H,3H2,1-2H3,(H,18,19). The fourth-order valence-electron chi connectivity index (χ4n) is 1.79. The lowest BCUT2D eigenvalue weighted by Gasteiger charge is -2.13. The maximum Gasteiger partial charge on any atom is 0.335 e. The average Bonchev–Trinajstić information content (AvgIpc) is 2.86. The van der Waals surface area contributed by atoms with Gasteiger partial charge in [-0.1, -0.05) is 22.9 Å². The summed E-state index contributed by atoms with van der Waals surface area (Å²) >= 11 is 5.00. The van der Waals surface area contributed by atoms with Gasteiger partial charge >= 0.3 is 5.97 Å². The number of benzene rings is 1. The maximum atomic E-state index is 11.0. The van der Waals surface area contributed by atoms with Crippen LogP contribution in [0.3, 0.4) is 0 Å². The Labute approximate surface area is 130 Å². The summed E-state index contributed by atoms with van der Waals surface area (Å²) in [5, 5.41) is 13.3. The molecule has 0 amide bonds. The van der Waals surface area contributed by atoms with E-state index in [9.17, 15) is 4.79 Å². The van der Waals surface area contributed by atoms with Gasteiger partial charge in [-0.15, -0.1) is 11.3 Å². The fraction of sp³-hybridized carbons (Fsp3) is 0.286. The molecule has 0 aliphatic rings. The number of aromatic carboxylic acids is 1. The molecule has 1 heterocycles. The number of carbonyl (C=O) groups is 1. The van der Waals surface area contributed by atoms with Gasteiger partial charge in [0.1, 0.15) is 5.01 Å². The predicted octanol–water partition coefficient (Wildman–Crippen LogP) is 4.34. The molecular weight excluding hydrogens is 340 g/mol. The highest BCUT2D eigenvalue weighted by atomic mass is 79.9. The molecule has 0 saturated carbocycles. The van der Waals surface area contributed by atoms with Crippen LogP contribution >= 0.6 is 27.3 Å². The molecule has 0 radical (unpaired) electrons. The van der Waals surface area contributed by atoms with Gasteiger partial charge in [0.25, 0.3) is 0 Å². The average molecular weight is 355 g/mol. The fourth-order valence-corrected chi connectivity index (χ4v) is 3.15. The van der Waals surface area contributed by atoms with Gasteiger partial charge in [0.05, 0.1) is 11.6 Å². The predicted molar refractivity (Wildman–Crippen MR) is 84.6 cm³/mol. The van der Waals surface area contributed by atoms with Gasteiger partial charge in [-0.3, -0.25) is 0 Å². The molecule has 1 aromatic carbocycles. The van der Waals surface area contributed by atoms with Crippen molar-refractivity contribution in [3.8, 4) is 0 Å². The van der Waals surface area contributed by atoms with E-state index >= 15 is 0 Å². The topological polar surface area (TPSA) is 62.2 Å². The third-order valence-corrected chi connectivity index (χ3v) is 4.60. The van der Waals surface area contributed by atoms with E-state index in [0.717, 1.165) is 21.6 Å². The summed E-state index contributed by atoms with van der Waals surface area (Å²) in [7, 11) is 0. The van der Waals surface area contributed by atoms with Crippen molar-refractivity contribution in [1.82, 2.24) is 4.98 Å². The van der Waals surface area contributed by atoms with Crippen LogP contribution in [-0.2, 0) is 6.42 Å². The summed E-state index contributed by atoms with van der Waals surface area (Å²) < 4.78 is 0.737. The van der Waals surface area contributed by atoms with Gasteiger partial charge in [-0.05, 0) is 31.5 Å². The first-order chi connectivity index (χ1) is 9.49. The van der Waals surface area contributed by atoms with E-state index in [1.807, 2.05) is 19.2 Å². The quantitative estimate of drug-likeness (QED) is 0.838. The lowest BCUT2D eigenvalue weighted by Crippen LogP contribution is -2.07. The SMILES string of the molecule is CCc1cnc(C(C)Nc2cc(Br)cc(C(=O)O)c2)s1. The minimum Gasteiger partial charge on any atom is -0.478 e. The summed E-state index contributed by atoms with van der Waals surface area (Å²) in [6.07, 6.45) is 2.87. The lowest BCUT2D eigenvalue weighted by atomic mass is 10.2. The van der Waals surface area contributed by atoms with Crippen LogP contribution in [-0.4, -0.2) is 16.1 Å². The number of hydrogen-bond donors (Lipinski definition) is 2. The van der Waals surface area contributed by atoms with Crippen molar-refractivity contribution >= 4 is 38.9 Å². The first-order valence-electron chi connectivity index (χ1n) is 6.24. The van der Waals surface area contributed by atoms with Crippen molar-refractivity contribution in [2.45, 2.75) is 26.3 Å². The molecular formula is C14H15BrN2O2S. The Morgan fingerprint density at radius 2 is 2.25 bits per heavy atom. The smallest absolute Gasteiger partial charge is 0.335 e. The number of halogens is 1. The second-order valence-electron chi connectivity index (χ2n) is 4.42. The van der Waals surface area contributed by atoms with Gasteiger partial charge in [0, 0.05) is 21.2 Å². The van der Waals surface area contributed by atoms with Crippen molar-refractivity contribution in [3.05, 3.63) is 44.3 Å². The second kappa shape index (κ2) is 6.37. The number of anilines is 1. The normalized spacial score (nSPS) is 12.2. The molecule has 1 aromatic heterocycles. The molecule has 0 saturated heterocycles. The van der Waals surface area contributed by atoms with Crippen LogP contribution in [0.15, 0.2) is 28.9 Å². The van der Waals surface area contributed by atoms with Crippen molar-refractivity contribution in [3.63, 3.8) is 0 Å². The zero-order chi connectivity index (χ0) is 14.7. The first-order valence-corrected chi connectivity index (χ1v) is 7.85. The molecule has 20 heavy (non-hydrogen) atoms. The number of aryl methyl sites for hydroxylation is 1. The number of nitrogens with one attached hydrogen (secondary N) is 1. The Morgan fingerprint density at radius 1 is 1.50 bits per heavy atom. The Bertz CT molecular complexity index is 627. The van der Waals surface area contributed by atoms with Crippen molar-refractivity contribution in [2.75, 3.05) is 5.32 Å². The molecule has 0 spiro atoms. The Balaban J connectivity index is 2.18.